The van der Waals surface area contributed by atoms with Crippen LogP contribution >= 0.6 is 0 Å². The Morgan fingerprint density at radius 1 is 0.859 bits per heavy atom. The van der Waals surface area contributed by atoms with Gasteiger partial charge in [0.2, 0.25) is 0 Å². The predicted octanol–water partition coefficient (Wildman–Crippen LogP) is 1.83. The molecule has 18 heteroatoms. The maximum absolute atomic E-state index is 13.8. The Morgan fingerprint density at radius 3 is 2.11 bits per heavy atom. The fraction of sp³-hybridized carbons (Fsp3) is 0.848. The van der Waals surface area contributed by atoms with Gasteiger partial charge in [-0.25, -0.2) is 0 Å². The van der Waals surface area contributed by atoms with Gasteiger partial charge in [-0.05, 0) is 73.5 Å². The van der Waals surface area contributed by atoms with Crippen LogP contribution in [0.2, 0.25) is 0 Å². The maximum atomic E-state index is 13.8. The van der Waals surface area contributed by atoms with Gasteiger partial charge >= 0.3 is 5.97 Å². The first-order chi connectivity index (χ1) is 30.1. The second-order valence-electron chi connectivity index (χ2n) is 18.7. The zero-order valence-electron chi connectivity index (χ0n) is 39.7. The number of cyclic esters (lactones) is 1. The van der Waals surface area contributed by atoms with Crippen LogP contribution < -0.4 is 0 Å². The number of carbonyl (C=O) groups is 3. The van der Waals surface area contributed by atoms with Crippen molar-refractivity contribution in [2.45, 2.75) is 191 Å². The maximum Gasteiger partial charge on any atom is 0.308 e. The predicted molar refractivity (Wildman–Crippen MR) is 230 cm³/mol. The molecular weight excluding hydrogens is 838 g/mol. The van der Waals surface area contributed by atoms with Gasteiger partial charge in [0.25, 0.3) is 0 Å². The smallest absolute Gasteiger partial charge is 0.308 e. The standard InChI is InChI=1S/C46H77NO17/c1-13-33-30(22-58-45-42(57-12)41(56-11)37(52)26(5)60-45)18-23(2)14-15-31(49)24(3)19-29(16-17-48)39(25(4)32(50)20-34(51)62-33)64-44-38(53)36(47(9)10)40(27(6)61-44)63-35-21-46(8,55)43(54)28(7)59-35/h14-15,17-18,24-30,32-33,35-45,50,52-55H,13,16,19-22H2,1-12H3/b15-14+,23-18+/t24-,25+,26-,27-,28+,29+,30-,32-,33-,35+,36-,37-,38-,39-,40-,41-,42-,43+,44+,45-,46-/m0/s1. The van der Waals surface area contributed by atoms with Crippen molar-refractivity contribution in [3.05, 3.63) is 23.8 Å². The van der Waals surface area contributed by atoms with E-state index in [0.717, 1.165) is 6.29 Å². The summed E-state index contributed by atoms with van der Waals surface area (Å²) in [5.74, 6) is -3.59. The monoisotopic (exact) mass is 916 g/mol. The lowest BCUT2D eigenvalue weighted by atomic mass is 9.79. The SMILES string of the molecule is CC[C@@H]1OC(=O)C[C@H](O)[C@@H](C)[C@H](O[C@H]2O[C@@H](C)[C@H](O[C@@H]3C[C@](C)(O)[C@H](O)[C@@H](C)O3)[C@@H](N(C)C)[C@@H]2O)[C@H](CC=O)C[C@H](C)C(=O)/C=C/C(C)=C/[C@H]1CO[C@H]1O[C@@H](C)[C@H](O)[C@H](OC)[C@@H]1OC. The van der Waals surface area contributed by atoms with E-state index in [4.69, 9.17) is 42.6 Å². The molecule has 0 aromatic rings. The summed E-state index contributed by atoms with van der Waals surface area (Å²) >= 11 is 0. The number of likely N-dealkylation sites (N-methyl/N-ethyl adjacent to an activating group) is 1. The highest BCUT2D eigenvalue weighted by molar-refractivity contribution is 5.91. The average Bonchev–Trinajstić information content (AvgIpc) is 3.23. The third kappa shape index (κ3) is 13.5. The molecule has 4 aliphatic rings. The van der Waals surface area contributed by atoms with E-state index >= 15 is 0 Å². The Hall–Kier alpha value is -2.27. The minimum absolute atomic E-state index is 0.00788. The summed E-state index contributed by atoms with van der Waals surface area (Å²) in [7, 11) is 6.43. The van der Waals surface area contributed by atoms with Crippen LogP contribution in [0.1, 0.15) is 87.5 Å². The molecular formula is C46H77NO17. The van der Waals surface area contributed by atoms with E-state index in [0.29, 0.717) is 12.0 Å². The number of esters is 1. The lowest BCUT2D eigenvalue weighted by Crippen LogP contribution is -2.65. The molecule has 4 aliphatic heterocycles. The molecule has 5 N–H and O–H groups in total. The minimum Gasteiger partial charge on any atom is -0.462 e. The minimum atomic E-state index is -1.49. The van der Waals surface area contributed by atoms with Gasteiger partial charge in [-0.2, -0.15) is 0 Å². The summed E-state index contributed by atoms with van der Waals surface area (Å²) in [5, 5.41) is 55.8. The van der Waals surface area contributed by atoms with Crippen molar-refractivity contribution in [3.63, 3.8) is 0 Å². The molecule has 0 amide bonds. The van der Waals surface area contributed by atoms with Crippen molar-refractivity contribution in [1.82, 2.24) is 4.90 Å². The highest BCUT2D eigenvalue weighted by Crippen LogP contribution is 2.37. The van der Waals surface area contributed by atoms with E-state index in [1.807, 2.05) is 19.9 Å². The Bertz CT molecular complexity index is 1560. The van der Waals surface area contributed by atoms with Crippen LogP contribution in [-0.4, -0.2) is 187 Å². The van der Waals surface area contributed by atoms with Gasteiger partial charge in [0.15, 0.2) is 24.7 Å². The van der Waals surface area contributed by atoms with Gasteiger partial charge in [0.1, 0.15) is 49.0 Å². The molecule has 21 atom stereocenters. The van der Waals surface area contributed by atoms with Gasteiger partial charge in [-0.1, -0.05) is 38.5 Å². The number of carbonyl (C=O) groups excluding carboxylic acids is 3. The molecule has 0 bridgehead atoms. The molecule has 64 heavy (non-hydrogen) atoms. The third-order valence-corrected chi connectivity index (χ3v) is 13.4. The van der Waals surface area contributed by atoms with Gasteiger partial charge in [-0.3, -0.25) is 9.59 Å². The number of hydrogen-bond acceptors (Lipinski definition) is 18. The van der Waals surface area contributed by atoms with Crippen LogP contribution in [0.4, 0.5) is 0 Å². The first-order valence-corrected chi connectivity index (χ1v) is 22.7. The summed E-state index contributed by atoms with van der Waals surface area (Å²) < 4.78 is 54.7. The normalized spacial score (nSPS) is 45.9. The molecule has 0 spiro atoms. The van der Waals surface area contributed by atoms with Crippen LogP contribution in [0.25, 0.3) is 0 Å². The Kier molecular flexibility index (Phi) is 20.5. The van der Waals surface area contributed by atoms with Crippen LogP contribution in [-0.2, 0) is 57.0 Å². The molecule has 4 heterocycles. The van der Waals surface area contributed by atoms with E-state index in [1.165, 1.54) is 27.2 Å². The fourth-order valence-corrected chi connectivity index (χ4v) is 9.51. The average molecular weight is 916 g/mol. The number of allylic oxidation sites excluding steroid dienone is 3. The fourth-order valence-electron chi connectivity index (χ4n) is 9.51. The molecule has 0 unspecified atom stereocenters. The lowest BCUT2D eigenvalue weighted by molar-refractivity contribution is -0.341. The molecule has 3 fully saturated rings. The number of aldehydes is 1. The zero-order valence-corrected chi connectivity index (χ0v) is 39.7. The van der Waals surface area contributed by atoms with Gasteiger partial charge in [0, 0.05) is 44.8 Å². The summed E-state index contributed by atoms with van der Waals surface area (Å²) in [6.45, 7) is 13.6. The van der Waals surface area contributed by atoms with E-state index in [2.05, 4.69) is 0 Å². The van der Waals surface area contributed by atoms with Crippen molar-refractivity contribution in [1.29, 1.82) is 0 Å². The number of rotatable bonds is 13. The van der Waals surface area contributed by atoms with Crippen LogP contribution in [0.5, 0.6) is 0 Å². The number of ether oxygens (including phenoxy) is 9. The molecule has 3 saturated heterocycles. The number of aliphatic hydroxyl groups is 5. The summed E-state index contributed by atoms with van der Waals surface area (Å²) in [6.07, 6.45) is -8.49. The van der Waals surface area contributed by atoms with Crippen LogP contribution in [0.15, 0.2) is 23.8 Å². The summed E-state index contributed by atoms with van der Waals surface area (Å²) in [6, 6.07) is -0.748. The Morgan fingerprint density at radius 2 is 1.52 bits per heavy atom. The quantitative estimate of drug-likeness (QED) is 0.131. The van der Waals surface area contributed by atoms with E-state index in [9.17, 15) is 39.9 Å². The molecule has 4 rings (SSSR count). The highest BCUT2D eigenvalue weighted by Gasteiger charge is 2.52. The van der Waals surface area contributed by atoms with Crippen molar-refractivity contribution in [2.24, 2.45) is 23.7 Å². The molecule has 18 nitrogen and oxygen atoms in total. The van der Waals surface area contributed by atoms with Crippen molar-refractivity contribution >= 4 is 18.0 Å². The Balaban J connectivity index is 1.62. The van der Waals surface area contributed by atoms with Crippen molar-refractivity contribution in [3.8, 4) is 0 Å². The lowest BCUT2D eigenvalue weighted by Gasteiger charge is -2.50. The number of aliphatic hydroxyl groups excluding tert-OH is 4. The first kappa shape index (κ1) is 54.3. The summed E-state index contributed by atoms with van der Waals surface area (Å²) in [4.78, 5) is 41.5. The van der Waals surface area contributed by atoms with Crippen molar-refractivity contribution in [2.75, 3.05) is 34.9 Å². The third-order valence-electron chi connectivity index (χ3n) is 13.4. The van der Waals surface area contributed by atoms with E-state index < -0.39 is 140 Å². The molecule has 0 aromatic carbocycles. The van der Waals surface area contributed by atoms with Crippen LogP contribution in [0, 0.1) is 23.7 Å². The first-order valence-electron chi connectivity index (χ1n) is 22.7. The Labute approximate surface area is 378 Å². The highest BCUT2D eigenvalue weighted by atomic mass is 16.7. The summed E-state index contributed by atoms with van der Waals surface area (Å²) in [5.41, 5.74) is -0.806. The molecule has 0 saturated carbocycles. The number of methoxy groups -OCH3 is 2. The molecule has 0 aliphatic carbocycles. The zero-order chi connectivity index (χ0) is 47.8. The van der Waals surface area contributed by atoms with Gasteiger partial charge < -0.3 is 77.9 Å². The van der Waals surface area contributed by atoms with Crippen LogP contribution in [0.3, 0.4) is 0 Å². The molecule has 0 radical (unpaired) electrons. The van der Waals surface area contributed by atoms with Crippen molar-refractivity contribution < 1.29 is 82.5 Å². The van der Waals surface area contributed by atoms with Gasteiger partial charge in [-0.15, -0.1) is 0 Å². The van der Waals surface area contributed by atoms with E-state index in [1.54, 1.807) is 59.7 Å². The van der Waals surface area contributed by atoms with E-state index in [-0.39, 0.29) is 31.7 Å². The second-order valence-corrected chi connectivity index (χ2v) is 18.7. The topological polar surface area (TPSA) is 239 Å². The number of nitrogens with zero attached hydrogens (tertiary/aromatic N) is 1. The molecule has 368 valence electrons. The number of hydrogen-bond donors (Lipinski definition) is 5. The second kappa shape index (κ2) is 24.1. The van der Waals surface area contributed by atoms with Gasteiger partial charge in [0.05, 0.1) is 55.2 Å². The largest absolute Gasteiger partial charge is 0.462 e. The molecule has 0 aromatic heterocycles. The number of ketones is 1.